The number of nitrogens with zero attached hydrogens (tertiary/aromatic N) is 6. The second-order valence-electron chi connectivity index (χ2n) is 8.05. The number of nitrogens with one attached hydrogen (secondary N) is 1. The zero-order valence-corrected chi connectivity index (χ0v) is 19.9. The summed E-state index contributed by atoms with van der Waals surface area (Å²) in [5.41, 5.74) is 2.81. The molecule has 3 aromatic heterocycles. The summed E-state index contributed by atoms with van der Waals surface area (Å²) < 4.78 is 5.21. The van der Waals surface area contributed by atoms with Crippen molar-refractivity contribution >= 4 is 39.8 Å². The lowest BCUT2D eigenvalue weighted by Gasteiger charge is -2.13. The summed E-state index contributed by atoms with van der Waals surface area (Å²) in [5.74, 6) is -0.173. The number of fused-ring (bicyclic) bond motifs is 1. The molecule has 0 aliphatic rings. The Labute approximate surface area is 201 Å². The van der Waals surface area contributed by atoms with Crippen molar-refractivity contribution in [2.45, 2.75) is 39.3 Å². The Hall–Kier alpha value is -3.90. The van der Waals surface area contributed by atoms with Gasteiger partial charge in [0.25, 0.3) is 0 Å². The molecular formula is C24H24ClN7O2. The lowest BCUT2D eigenvalue weighted by Crippen LogP contribution is -2.23. The van der Waals surface area contributed by atoms with E-state index in [1.165, 1.54) is 6.07 Å². The zero-order chi connectivity index (χ0) is 24.4. The molecule has 3 heterocycles. The molecule has 174 valence electrons. The molecule has 0 amide bonds. The fourth-order valence-corrected chi connectivity index (χ4v) is 4.13. The van der Waals surface area contributed by atoms with Crippen molar-refractivity contribution in [1.82, 2.24) is 23.9 Å². The number of ketones is 1. The van der Waals surface area contributed by atoms with Gasteiger partial charge in [-0.1, -0.05) is 18.5 Å². The van der Waals surface area contributed by atoms with Crippen molar-refractivity contribution < 1.29 is 4.79 Å². The van der Waals surface area contributed by atoms with Crippen molar-refractivity contribution in [2.24, 2.45) is 7.05 Å². The molecule has 0 aliphatic carbocycles. The van der Waals surface area contributed by atoms with E-state index in [2.05, 4.69) is 22.3 Å². The molecule has 4 aromatic rings. The molecule has 0 aliphatic heterocycles. The number of anilines is 2. The third-order valence-corrected chi connectivity index (χ3v) is 6.14. The number of imidazole rings is 1. The predicted octanol–water partition coefficient (Wildman–Crippen LogP) is 4.44. The van der Waals surface area contributed by atoms with Crippen LogP contribution in [0.25, 0.3) is 11.0 Å². The number of nitriles is 1. The Kier molecular flexibility index (Phi) is 6.52. The van der Waals surface area contributed by atoms with E-state index in [0.717, 1.165) is 17.5 Å². The lowest BCUT2D eigenvalue weighted by atomic mass is 10.1. The van der Waals surface area contributed by atoms with Gasteiger partial charge in [-0.05, 0) is 43.7 Å². The molecule has 1 atom stereocenters. The molecule has 0 saturated heterocycles. The summed E-state index contributed by atoms with van der Waals surface area (Å²) in [6.45, 7) is 4.31. The van der Waals surface area contributed by atoms with Crippen molar-refractivity contribution in [1.29, 1.82) is 5.26 Å². The maximum absolute atomic E-state index is 12.9. The third-order valence-electron chi connectivity index (χ3n) is 5.87. The van der Waals surface area contributed by atoms with Gasteiger partial charge in [-0.25, -0.2) is 9.78 Å². The number of pyridine rings is 1. The largest absolute Gasteiger partial charge is 0.354 e. The highest BCUT2D eigenvalue weighted by atomic mass is 35.5. The third kappa shape index (κ3) is 4.32. The van der Waals surface area contributed by atoms with E-state index in [1.54, 1.807) is 29.3 Å². The van der Waals surface area contributed by atoms with Crippen LogP contribution < -0.4 is 11.0 Å². The molecule has 1 aromatic carbocycles. The van der Waals surface area contributed by atoms with E-state index in [-0.39, 0.29) is 40.3 Å². The molecular weight excluding hydrogens is 454 g/mol. The Morgan fingerprint density at radius 3 is 2.76 bits per heavy atom. The second-order valence-corrected chi connectivity index (χ2v) is 8.41. The Morgan fingerprint density at radius 1 is 1.29 bits per heavy atom. The van der Waals surface area contributed by atoms with Gasteiger partial charge in [-0.2, -0.15) is 10.4 Å². The van der Waals surface area contributed by atoms with Crippen molar-refractivity contribution in [3.63, 3.8) is 0 Å². The van der Waals surface area contributed by atoms with Crippen LogP contribution in [0.2, 0.25) is 5.15 Å². The number of halogens is 1. The smallest absolute Gasteiger partial charge is 0.328 e. The van der Waals surface area contributed by atoms with E-state index >= 15 is 0 Å². The molecule has 0 radical (unpaired) electrons. The quantitative estimate of drug-likeness (QED) is 0.296. The molecule has 10 heteroatoms. The van der Waals surface area contributed by atoms with Crippen LogP contribution in [0.5, 0.6) is 0 Å². The first-order valence-corrected chi connectivity index (χ1v) is 11.3. The average molecular weight is 478 g/mol. The van der Waals surface area contributed by atoms with Crippen molar-refractivity contribution in [2.75, 3.05) is 5.32 Å². The SMILES string of the molecule is CCC(=O)c1cc(Nc2ccc3c(c2)n(CC[C@H](C)n2cccn2)c(=O)n3C)c(C#N)c(Cl)n1. The van der Waals surface area contributed by atoms with E-state index in [1.807, 2.05) is 41.2 Å². The maximum atomic E-state index is 12.9. The first kappa shape index (κ1) is 23.3. The van der Waals surface area contributed by atoms with Gasteiger partial charge in [0.1, 0.15) is 22.5 Å². The van der Waals surface area contributed by atoms with Gasteiger partial charge in [0.05, 0.1) is 22.8 Å². The van der Waals surface area contributed by atoms with Gasteiger partial charge < -0.3 is 5.32 Å². The molecule has 4 rings (SSSR count). The molecule has 0 fully saturated rings. The van der Waals surface area contributed by atoms with E-state index < -0.39 is 0 Å². The zero-order valence-electron chi connectivity index (χ0n) is 19.1. The van der Waals surface area contributed by atoms with E-state index in [0.29, 0.717) is 17.9 Å². The minimum absolute atomic E-state index is 0.0328. The van der Waals surface area contributed by atoms with E-state index in [9.17, 15) is 14.9 Å². The van der Waals surface area contributed by atoms with E-state index in [4.69, 9.17) is 11.6 Å². The number of Topliss-reactive ketones (excluding diaryl/α,β-unsaturated/α-hetero) is 1. The van der Waals surface area contributed by atoms with Gasteiger partial charge >= 0.3 is 5.69 Å². The van der Waals surface area contributed by atoms with Gasteiger partial charge in [-0.3, -0.25) is 18.6 Å². The van der Waals surface area contributed by atoms with Crippen LogP contribution in [0, 0.1) is 11.3 Å². The maximum Gasteiger partial charge on any atom is 0.328 e. The highest BCUT2D eigenvalue weighted by molar-refractivity contribution is 6.31. The highest BCUT2D eigenvalue weighted by Crippen LogP contribution is 2.28. The number of rotatable bonds is 8. The molecule has 1 N–H and O–H groups in total. The minimum atomic E-state index is -0.173. The summed E-state index contributed by atoms with van der Waals surface area (Å²) in [5, 5.41) is 17.0. The van der Waals surface area contributed by atoms with Crippen molar-refractivity contribution in [3.8, 4) is 6.07 Å². The van der Waals surface area contributed by atoms with Crippen LogP contribution in [0.3, 0.4) is 0 Å². The number of carbonyl (C=O) groups excluding carboxylic acids is 1. The Morgan fingerprint density at radius 2 is 2.09 bits per heavy atom. The van der Waals surface area contributed by atoms with Crippen LogP contribution in [-0.4, -0.2) is 29.7 Å². The van der Waals surface area contributed by atoms with Crippen LogP contribution in [-0.2, 0) is 13.6 Å². The Balaban J connectivity index is 1.70. The van der Waals surface area contributed by atoms with Gasteiger partial charge in [0.2, 0.25) is 0 Å². The van der Waals surface area contributed by atoms with Crippen molar-refractivity contribution in [3.05, 3.63) is 69.6 Å². The molecule has 34 heavy (non-hydrogen) atoms. The number of aromatic nitrogens is 5. The second kappa shape index (κ2) is 9.53. The minimum Gasteiger partial charge on any atom is -0.354 e. The molecule has 0 unspecified atom stereocenters. The number of benzene rings is 1. The van der Waals surface area contributed by atoms with Crippen LogP contribution in [0.15, 0.2) is 47.5 Å². The number of carbonyl (C=O) groups is 1. The van der Waals surface area contributed by atoms with Crippen LogP contribution in [0.4, 0.5) is 11.4 Å². The average Bonchev–Trinajstić information content (AvgIpc) is 3.45. The Bertz CT molecular complexity index is 1460. The predicted molar refractivity (Wildman–Crippen MR) is 131 cm³/mol. The van der Waals surface area contributed by atoms with Gasteiger partial charge in [0.15, 0.2) is 5.78 Å². The van der Waals surface area contributed by atoms with Gasteiger partial charge in [-0.15, -0.1) is 0 Å². The first-order chi connectivity index (χ1) is 16.3. The standard InChI is InChI=1S/C24H24ClN7O2/c1-4-22(33)19-13-18(17(14-26)23(25)29-19)28-16-6-7-20-21(12-16)31(24(34)30(20)3)11-8-15(2)32-10-5-9-27-32/h5-7,9-10,12-13,15H,4,8,11H2,1-3H3,(H,28,29)/t15-/m0/s1. The van der Waals surface area contributed by atoms with Crippen LogP contribution >= 0.6 is 11.6 Å². The topological polar surface area (TPSA) is 111 Å². The normalized spacial score (nSPS) is 12.0. The van der Waals surface area contributed by atoms with Crippen LogP contribution in [0.1, 0.15) is 48.8 Å². The number of hydrogen-bond donors (Lipinski definition) is 1. The molecule has 0 saturated carbocycles. The fourth-order valence-electron chi connectivity index (χ4n) is 3.89. The summed E-state index contributed by atoms with van der Waals surface area (Å²) in [6.07, 6.45) is 4.63. The monoisotopic (exact) mass is 477 g/mol. The molecule has 0 bridgehead atoms. The number of aryl methyl sites for hydroxylation is 2. The summed E-state index contributed by atoms with van der Waals surface area (Å²) in [6, 6.07) is 11.1. The molecule has 9 nitrogen and oxygen atoms in total. The first-order valence-electron chi connectivity index (χ1n) is 10.9. The number of hydrogen-bond acceptors (Lipinski definition) is 6. The highest BCUT2D eigenvalue weighted by Gasteiger charge is 2.17. The lowest BCUT2D eigenvalue weighted by molar-refractivity contribution is 0.0983. The summed E-state index contributed by atoms with van der Waals surface area (Å²) in [4.78, 5) is 29.1. The molecule has 0 spiro atoms. The van der Waals surface area contributed by atoms with Gasteiger partial charge in [0, 0.05) is 38.1 Å². The fraction of sp³-hybridized carbons (Fsp3) is 0.292. The summed E-state index contributed by atoms with van der Waals surface area (Å²) >= 11 is 6.18. The summed E-state index contributed by atoms with van der Waals surface area (Å²) in [7, 11) is 1.74.